The van der Waals surface area contributed by atoms with Gasteiger partial charge in [-0.1, -0.05) is 18.5 Å². The molecule has 1 aliphatic rings. The summed E-state index contributed by atoms with van der Waals surface area (Å²) in [5.74, 6) is -0.870. The van der Waals surface area contributed by atoms with Crippen molar-refractivity contribution in [2.45, 2.75) is 44.5 Å². The van der Waals surface area contributed by atoms with Crippen molar-refractivity contribution in [1.29, 1.82) is 0 Å². The fourth-order valence-corrected chi connectivity index (χ4v) is 6.44. The SMILES string of the molecule is CCC(OCCN1CCN(CC(C)(C)SN=O)CC1)(C(=O)O)c1c(C)n(C(=O)c2ccc(Cl)cc2)c2ccc(OC)cc12. The van der Waals surface area contributed by atoms with Gasteiger partial charge in [0.15, 0.2) is 5.60 Å². The first-order chi connectivity index (χ1) is 20.5. The predicted octanol–water partition coefficient (Wildman–Crippen LogP) is 5.82. The summed E-state index contributed by atoms with van der Waals surface area (Å²) in [6.45, 7) is 12.3. The van der Waals surface area contributed by atoms with E-state index in [1.165, 1.54) is 0 Å². The Hall–Kier alpha value is -2.96. The molecular formula is C31H39ClN4O6S. The maximum atomic E-state index is 13.8. The summed E-state index contributed by atoms with van der Waals surface area (Å²) < 4.78 is 16.1. The summed E-state index contributed by atoms with van der Waals surface area (Å²) in [6, 6.07) is 11.9. The number of nitroso groups, excluding NO2 is 1. The zero-order chi connectivity index (χ0) is 31.4. The van der Waals surface area contributed by atoms with E-state index in [-0.39, 0.29) is 23.7 Å². The van der Waals surface area contributed by atoms with Gasteiger partial charge in [-0.25, -0.2) is 4.79 Å². The second kappa shape index (κ2) is 13.8. The molecule has 0 aliphatic carbocycles. The molecule has 43 heavy (non-hydrogen) atoms. The topological polar surface area (TPSA) is 114 Å². The summed E-state index contributed by atoms with van der Waals surface area (Å²) in [7, 11) is 1.54. The van der Waals surface area contributed by atoms with Crippen LogP contribution in [0.4, 0.5) is 0 Å². The van der Waals surface area contributed by atoms with Gasteiger partial charge in [0.25, 0.3) is 5.91 Å². The molecule has 1 N–H and O–H groups in total. The van der Waals surface area contributed by atoms with Crippen LogP contribution >= 0.6 is 23.5 Å². The van der Waals surface area contributed by atoms with Gasteiger partial charge in [-0.05, 0) is 69.7 Å². The number of rotatable bonds is 13. The van der Waals surface area contributed by atoms with Crippen LogP contribution in [0.25, 0.3) is 10.9 Å². The molecule has 232 valence electrons. The molecule has 0 bridgehead atoms. The number of fused-ring (bicyclic) bond motifs is 1. The van der Waals surface area contributed by atoms with E-state index in [4.69, 9.17) is 21.1 Å². The third kappa shape index (κ3) is 7.07. The van der Waals surface area contributed by atoms with E-state index in [1.807, 2.05) is 13.8 Å². The summed E-state index contributed by atoms with van der Waals surface area (Å²) in [5, 5.41) is 11.8. The van der Waals surface area contributed by atoms with E-state index in [2.05, 4.69) is 14.4 Å². The fraction of sp³-hybridized carbons (Fsp3) is 0.484. The molecule has 1 aromatic heterocycles. The van der Waals surface area contributed by atoms with E-state index < -0.39 is 11.6 Å². The Morgan fingerprint density at radius 2 is 1.72 bits per heavy atom. The van der Waals surface area contributed by atoms with E-state index >= 15 is 0 Å². The monoisotopic (exact) mass is 630 g/mol. The average Bonchev–Trinajstić information content (AvgIpc) is 3.27. The van der Waals surface area contributed by atoms with Crippen LogP contribution in [0.5, 0.6) is 5.75 Å². The highest BCUT2D eigenvalue weighted by atomic mass is 35.5. The normalized spacial score (nSPS) is 16.2. The average molecular weight is 631 g/mol. The number of hydrogen-bond acceptors (Lipinski definition) is 9. The number of methoxy groups -OCH3 is 1. The van der Waals surface area contributed by atoms with Crippen LogP contribution in [0.15, 0.2) is 47.0 Å². The molecule has 10 nitrogen and oxygen atoms in total. The van der Waals surface area contributed by atoms with Gasteiger partial charge in [-0.2, -0.15) is 0 Å². The number of carbonyl (C=O) groups is 2. The number of hydrogen-bond donors (Lipinski definition) is 1. The molecule has 2 aromatic carbocycles. The highest BCUT2D eigenvalue weighted by molar-refractivity contribution is 7.99. The van der Waals surface area contributed by atoms with Crippen molar-refractivity contribution in [2.75, 3.05) is 53.0 Å². The number of ether oxygens (including phenoxy) is 2. The number of nitrogens with zero attached hydrogens (tertiary/aromatic N) is 4. The Kier molecular flexibility index (Phi) is 10.6. The zero-order valence-corrected chi connectivity index (χ0v) is 26.8. The maximum absolute atomic E-state index is 13.8. The molecule has 12 heteroatoms. The molecule has 2 heterocycles. The number of carboxylic acids is 1. The third-order valence-corrected chi connectivity index (χ3v) is 9.01. The van der Waals surface area contributed by atoms with E-state index in [0.29, 0.717) is 45.0 Å². The van der Waals surface area contributed by atoms with Gasteiger partial charge in [0.2, 0.25) is 0 Å². The third-order valence-electron chi connectivity index (χ3n) is 8.06. The zero-order valence-electron chi connectivity index (χ0n) is 25.3. The molecule has 1 saturated heterocycles. The fourth-order valence-electron chi connectivity index (χ4n) is 5.88. The molecule has 0 saturated carbocycles. The summed E-state index contributed by atoms with van der Waals surface area (Å²) in [4.78, 5) is 42.2. The van der Waals surface area contributed by atoms with Crippen molar-refractivity contribution in [3.05, 3.63) is 69.2 Å². The summed E-state index contributed by atoms with van der Waals surface area (Å²) in [5.41, 5.74) is 0.232. The lowest BCUT2D eigenvalue weighted by Gasteiger charge is -2.38. The lowest BCUT2D eigenvalue weighted by molar-refractivity contribution is -0.169. The molecule has 0 radical (unpaired) electrons. The van der Waals surface area contributed by atoms with Crippen molar-refractivity contribution in [3.63, 3.8) is 0 Å². The van der Waals surface area contributed by atoms with Crippen molar-refractivity contribution in [1.82, 2.24) is 14.4 Å². The molecule has 0 amide bonds. The quantitative estimate of drug-likeness (QED) is 0.184. The molecule has 4 rings (SSSR count). The van der Waals surface area contributed by atoms with Crippen LogP contribution in [0.1, 0.15) is 48.8 Å². The highest BCUT2D eigenvalue weighted by Crippen LogP contribution is 2.41. The van der Waals surface area contributed by atoms with E-state index in [0.717, 1.165) is 44.7 Å². The van der Waals surface area contributed by atoms with Gasteiger partial charge in [0, 0.05) is 87.8 Å². The standard InChI is InChI=1S/C31H39ClN4O6S/c1-6-31(29(38)39,42-18-17-34-13-15-35(16-14-34)20-30(3,4)43-33-40)27-21(2)36(26-12-11-24(41-5)19-25(26)27)28(37)22-7-9-23(32)10-8-22/h7-12,19H,6,13-18,20H2,1-5H3,(H,38,39). The summed E-state index contributed by atoms with van der Waals surface area (Å²) in [6.07, 6.45) is 0.153. The van der Waals surface area contributed by atoms with Crippen molar-refractivity contribution < 1.29 is 24.2 Å². The Labute approximate surface area is 261 Å². The molecule has 1 unspecified atom stereocenters. The van der Waals surface area contributed by atoms with Crippen molar-refractivity contribution in [3.8, 4) is 5.75 Å². The second-order valence-electron chi connectivity index (χ2n) is 11.4. The minimum Gasteiger partial charge on any atom is -0.497 e. The first-order valence-electron chi connectivity index (χ1n) is 14.3. The second-order valence-corrected chi connectivity index (χ2v) is 13.2. The van der Waals surface area contributed by atoms with Crippen molar-refractivity contribution >= 4 is 46.3 Å². The number of piperazine rings is 1. The van der Waals surface area contributed by atoms with Crippen LogP contribution in [-0.2, 0) is 15.1 Å². The minimum atomic E-state index is -1.69. The van der Waals surface area contributed by atoms with Gasteiger partial charge in [0.05, 0.1) is 19.2 Å². The minimum absolute atomic E-state index is 0.153. The Morgan fingerprint density at radius 1 is 1.07 bits per heavy atom. The number of benzene rings is 2. The largest absolute Gasteiger partial charge is 0.497 e. The molecule has 3 aromatic rings. The number of carbonyl (C=O) groups excluding carboxylic acids is 1. The summed E-state index contributed by atoms with van der Waals surface area (Å²) >= 11 is 7.11. The van der Waals surface area contributed by atoms with E-state index in [1.54, 1.807) is 68.0 Å². The number of aromatic nitrogens is 1. The van der Waals surface area contributed by atoms with E-state index in [9.17, 15) is 19.6 Å². The van der Waals surface area contributed by atoms with Gasteiger partial charge in [-0.3, -0.25) is 19.2 Å². The van der Waals surface area contributed by atoms with Crippen LogP contribution in [0.2, 0.25) is 5.02 Å². The van der Waals surface area contributed by atoms with Gasteiger partial charge in [0.1, 0.15) is 5.75 Å². The predicted molar refractivity (Wildman–Crippen MR) is 170 cm³/mol. The lowest BCUT2D eigenvalue weighted by Crippen LogP contribution is -2.50. The maximum Gasteiger partial charge on any atom is 0.340 e. The van der Waals surface area contributed by atoms with Gasteiger partial charge >= 0.3 is 5.97 Å². The van der Waals surface area contributed by atoms with Gasteiger partial charge in [-0.15, -0.1) is 4.91 Å². The Morgan fingerprint density at radius 3 is 2.30 bits per heavy atom. The first-order valence-corrected chi connectivity index (χ1v) is 15.4. The first kappa shape index (κ1) is 32.9. The lowest BCUT2D eigenvalue weighted by atomic mass is 9.88. The Balaban J connectivity index is 1.61. The molecule has 1 atom stereocenters. The smallest absolute Gasteiger partial charge is 0.340 e. The van der Waals surface area contributed by atoms with Crippen LogP contribution in [0.3, 0.4) is 0 Å². The van der Waals surface area contributed by atoms with Crippen LogP contribution in [-0.4, -0.2) is 89.1 Å². The molecular weight excluding hydrogens is 592 g/mol. The Bertz CT molecular complexity index is 1470. The molecule has 1 aliphatic heterocycles. The molecule has 0 spiro atoms. The highest BCUT2D eigenvalue weighted by Gasteiger charge is 2.45. The number of carboxylic acid groups (broad SMARTS) is 1. The molecule has 1 fully saturated rings. The van der Waals surface area contributed by atoms with Crippen LogP contribution in [0, 0.1) is 11.8 Å². The van der Waals surface area contributed by atoms with Gasteiger partial charge < -0.3 is 14.6 Å². The van der Waals surface area contributed by atoms with Crippen LogP contribution < -0.4 is 4.74 Å². The number of halogens is 1. The van der Waals surface area contributed by atoms with Crippen molar-refractivity contribution in [2.24, 2.45) is 4.58 Å². The number of aliphatic carboxylic acids is 1.